The van der Waals surface area contributed by atoms with Gasteiger partial charge in [0.2, 0.25) is 0 Å². The Labute approximate surface area is 126 Å². The number of fused-ring (bicyclic) bond motifs is 5. The summed E-state index contributed by atoms with van der Waals surface area (Å²) < 4.78 is 24.9. The van der Waals surface area contributed by atoms with Gasteiger partial charge in [0.25, 0.3) is 0 Å². The molecule has 1 N–H and O–H groups in total. The Kier molecular flexibility index (Phi) is 3.32. The van der Waals surface area contributed by atoms with Gasteiger partial charge in [-0.15, -0.1) is 0 Å². The Morgan fingerprint density at radius 3 is 2.29 bits per heavy atom. The fraction of sp³-hybridized carbons (Fsp3) is 0.625. The molecule has 0 saturated carbocycles. The lowest BCUT2D eigenvalue weighted by molar-refractivity contribution is 0.241. The lowest BCUT2D eigenvalue weighted by Gasteiger charge is -2.24. The van der Waals surface area contributed by atoms with E-state index < -0.39 is 9.84 Å². The summed E-state index contributed by atoms with van der Waals surface area (Å²) in [4.78, 5) is 2.95. The first-order valence-corrected chi connectivity index (χ1v) is 9.56. The zero-order valence-electron chi connectivity index (χ0n) is 12.1. The summed E-state index contributed by atoms with van der Waals surface area (Å²) in [5.74, 6) is 1.75. The summed E-state index contributed by atoms with van der Waals surface area (Å²) in [5, 5.41) is 3.50. The van der Waals surface area contributed by atoms with Crippen LogP contribution >= 0.6 is 0 Å². The number of hydrogen-bond acceptors (Lipinski definition) is 4. The highest BCUT2D eigenvalue weighted by Gasteiger charge is 2.54. The van der Waals surface area contributed by atoms with E-state index in [0.717, 1.165) is 24.9 Å². The van der Waals surface area contributed by atoms with E-state index in [9.17, 15) is 8.42 Å². The molecule has 0 aliphatic carbocycles. The fourth-order valence-corrected chi connectivity index (χ4v) is 5.96. The third-order valence-corrected chi connectivity index (χ3v) is 7.34. The normalized spacial score (nSPS) is 35.2. The van der Waals surface area contributed by atoms with Gasteiger partial charge in [-0.2, -0.15) is 0 Å². The van der Waals surface area contributed by atoms with Crippen molar-refractivity contribution in [3.05, 3.63) is 30.3 Å². The van der Waals surface area contributed by atoms with Crippen LogP contribution in [0.4, 0.5) is 0 Å². The molecule has 3 fully saturated rings. The average Bonchev–Trinajstić information content (AvgIpc) is 3.18. The van der Waals surface area contributed by atoms with E-state index in [2.05, 4.69) is 10.2 Å². The standard InChI is InChI=1S/C16H22N2O2S/c19-21(20,12-4-2-1-3-5-12)9-8-18-15-6-7-16(18)14-11-17-10-13(14)15/h1-5,13-17H,6-11H2/t13-,14+,15-,16+. The van der Waals surface area contributed by atoms with Crippen molar-refractivity contribution in [3.63, 3.8) is 0 Å². The van der Waals surface area contributed by atoms with E-state index in [1.165, 1.54) is 12.8 Å². The van der Waals surface area contributed by atoms with Crippen LogP contribution in [0.15, 0.2) is 35.2 Å². The number of nitrogens with zero attached hydrogens (tertiary/aromatic N) is 1. The van der Waals surface area contributed by atoms with E-state index in [1.54, 1.807) is 24.3 Å². The monoisotopic (exact) mass is 306 g/mol. The maximum Gasteiger partial charge on any atom is 0.179 e. The van der Waals surface area contributed by atoms with Gasteiger partial charge >= 0.3 is 0 Å². The lowest BCUT2D eigenvalue weighted by Crippen LogP contribution is -2.37. The summed E-state index contributed by atoms with van der Waals surface area (Å²) in [6.07, 6.45) is 2.50. The number of rotatable bonds is 4. The predicted molar refractivity (Wildman–Crippen MR) is 81.9 cm³/mol. The average molecular weight is 306 g/mol. The molecule has 3 aliphatic heterocycles. The van der Waals surface area contributed by atoms with Crippen molar-refractivity contribution in [1.82, 2.24) is 10.2 Å². The second-order valence-corrected chi connectivity index (χ2v) is 8.68. The SMILES string of the molecule is O=S(=O)(CCN1[C@@H]2CC[C@H]1[C@H]1CNC[C@H]12)c1ccccc1. The predicted octanol–water partition coefficient (Wildman–Crippen LogP) is 1.14. The molecular weight excluding hydrogens is 284 g/mol. The minimum Gasteiger partial charge on any atom is -0.316 e. The highest BCUT2D eigenvalue weighted by Crippen LogP contribution is 2.47. The van der Waals surface area contributed by atoms with Crippen molar-refractivity contribution >= 4 is 9.84 Å². The number of benzene rings is 1. The van der Waals surface area contributed by atoms with Crippen molar-refractivity contribution in [2.75, 3.05) is 25.4 Å². The fourth-order valence-electron chi connectivity index (χ4n) is 4.70. The van der Waals surface area contributed by atoms with Crippen molar-refractivity contribution in [2.24, 2.45) is 11.8 Å². The molecule has 4 rings (SSSR count). The van der Waals surface area contributed by atoms with Crippen molar-refractivity contribution in [3.8, 4) is 0 Å². The molecular formula is C16H22N2O2S. The molecule has 2 bridgehead atoms. The maximum absolute atomic E-state index is 12.4. The quantitative estimate of drug-likeness (QED) is 0.906. The van der Waals surface area contributed by atoms with Gasteiger partial charge in [-0.05, 0) is 49.9 Å². The minimum atomic E-state index is -3.15. The van der Waals surface area contributed by atoms with Crippen LogP contribution in [0, 0.1) is 11.8 Å². The van der Waals surface area contributed by atoms with Crippen LogP contribution in [0.3, 0.4) is 0 Å². The van der Waals surface area contributed by atoms with Crippen molar-refractivity contribution in [2.45, 2.75) is 29.8 Å². The highest BCUT2D eigenvalue weighted by atomic mass is 32.2. The molecule has 0 unspecified atom stereocenters. The van der Waals surface area contributed by atoms with Gasteiger partial charge in [-0.1, -0.05) is 18.2 Å². The van der Waals surface area contributed by atoms with Gasteiger partial charge in [-0.25, -0.2) is 8.42 Å². The Balaban J connectivity index is 1.46. The first-order chi connectivity index (χ1) is 10.2. The minimum absolute atomic E-state index is 0.247. The molecule has 3 saturated heterocycles. The van der Waals surface area contributed by atoms with Crippen LogP contribution in [0.25, 0.3) is 0 Å². The van der Waals surface area contributed by atoms with Gasteiger partial charge in [-0.3, -0.25) is 4.90 Å². The summed E-state index contributed by atoms with van der Waals surface area (Å²) in [5.41, 5.74) is 0. The van der Waals surface area contributed by atoms with Crippen LogP contribution < -0.4 is 5.32 Å². The summed E-state index contributed by atoms with van der Waals surface area (Å²) >= 11 is 0. The van der Waals surface area contributed by atoms with Gasteiger partial charge < -0.3 is 5.32 Å². The molecule has 5 heteroatoms. The van der Waals surface area contributed by atoms with Gasteiger partial charge in [0.15, 0.2) is 9.84 Å². The zero-order valence-corrected chi connectivity index (χ0v) is 12.9. The van der Waals surface area contributed by atoms with E-state index in [0.29, 0.717) is 23.5 Å². The van der Waals surface area contributed by atoms with E-state index >= 15 is 0 Å². The van der Waals surface area contributed by atoms with Crippen LogP contribution in [-0.4, -0.2) is 50.8 Å². The molecule has 1 aromatic carbocycles. The molecule has 0 radical (unpaired) electrons. The topological polar surface area (TPSA) is 49.4 Å². The van der Waals surface area contributed by atoms with Crippen LogP contribution in [0.1, 0.15) is 12.8 Å². The van der Waals surface area contributed by atoms with Crippen molar-refractivity contribution in [1.29, 1.82) is 0 Å². The summed E-state index contributed by atoms with van der Waals surface area (Å²) in [6.45, 7) is 2.93. The second kappa shape index (κ2) is 5.07. The molecule has 21 heavy (non-hydrogen) atoms. The maximum atomic E-state index is 12.4. The molecule has 4 nitrogen and oxygen atoms in total. The van der Waals surface area contributed by atoms with E-state index in [-0.39, 0.29) is 5.75 Å². The van der Waals surface area contributed by atoms with Crippen LogP contribution in [0.2, 0.25) is 0 Å². The van der Waals surface area contributed by atoms with Crippen LogP contribution in [0.5, 0.6) is 0 Å². The van der Waals surface area contributed by atoms with Crippen molar-refractivity contribution < 1.29 is 8.42 Å². The zero-order chi connectivity index (χ0) is 14.4. The largest absolute Gasteiger partial charge is 0.316 e. The Morgan fingerprint density at radius 2 is 1.67 bits per heavy atom. The molecule has 0 spiro atoms. The Bertz CT molecular complexity index is 598. The summed E-state index contributed by atoms with van der Waals surface area (Å²) in [6, 6.07) is 10.1. The van der Waals surface area contributed by atoms with E-state index in [4.69, 9.17) is 0 Å². The molecule has 3 aliphatic rings. The Hall–Kier alpha value is -0.910. The molecule has 0 amide bonds. The first-order valence-electron chi connectivity index (χ1n) is 7.91. The highest BCUT2D eigenvalue weighted by molar-refractivity contribution is 7.91. The number of hydrogen-bond donors (Lipinski definition) is 1. The van der Waals surface area contributed by atoms with E-state index in [1.807, 2.05) is 6.07 Å². The lowest BCUT2D eigenvalue weighted by atomic mass is 9.82. The molecule has 1 aromatic rings. The van der Waals surface area contributed by atoms with Crippen LogP contribution in [-0.2, 0) is 9.84 Å². The second-order valence-electron chi connectivity index (χ2n) is 6.57. The van der Waals surface area contributed by atoms with Gasteiger partial charge in [0.1, 0.15) is 0 Å². The molecule has 114 valence electrons. The van der Waals surface area contributed by atoms with Gasteiger partial charge in [0, 0.05) is 18.6 Å². The molecule has 3 heterocycles. The number of sulfone groups is 1. The first kappa shape index (κ1) is 13.7. The third-order valence-electron chi connectivity index (χ3n) is 5.63. The smallest absolute Gasteiger partial charge is 0.179 e. The summed E-state index contributed by atoms with van der Waals surface area (Å²) in [7, 11) is -3.15. The number of nitrogens with one attached hydrogen (secondary N) is 1. The van der Waals surface area contributed by atoms with Gasteiger partial charge in [0.05, 0.1) is 10.6 Å². The Morgan fingerprint density at radius 1 is 1.05 bits per heavy atom. The molecule has 0 aromatic heterocycles. The molecule has 4 atom stereocenters. The third kappa shape index (κ3) is 2.22.